The number of hydrogen-bond acceptors (Lipinski definition) is 2. The summed E-state index contributed by atoms with van der Waals surface area (Å²) in [4.78, 5) is 6.96. The van der Waals surface area contributed by atoms with Crippen LogP contribution in [0, 0.1) is 18.8 Å². The van der Waals surface area contributed by atoms with E-state index in [0.29, 0.717) is 23.8 Å². The summed E-state index contributed by atoms with van der Waals surface area (Å²) < 4.78 is 2.73. The molecule has 5 rings (SSSR count). The fraction of sp³-hybridized carbons (Fsp3) is 0.522. The van der Waals surface area contributed by atoms with Crippen molar-refractivity contribution in [1.29, 1.82) is 0 Å². The molecule has 0 N–H and O–H groups in total. The zero-order chi connectivity index (χ0) is 18.0. The average Bonchev–Trinajstić information content (AvgIpc) is 2.89. The van der Waals surface area contributed by atoms with E-state index < -0.39 is 0 Å². The predicted octanol–water partition coefficient (Wildman–Crippen LogP) is 2.95. The van der Waals surface area contributed by atoms with E-state index in [0.717, 1.165) is 18.7 Å². The second-order valence-corrected chi connectivity index (χ2v) is 8.90. The van der Waals surface area contributed by atoms with E-state index in [2.05, 4.69) is 66.6 Å². The number of hydrogen-bond donors (Lipinski definition) is 0. The molecule has 0 amide bonds. The molecule has 4 atom stereocenters. The van der Waals surface area contributed by atoms with Gasteiger partial charge in [-0.3, -0.25) is 4.98 Å². The molecule has 2 aromatic rings. The minimum Gasteiger partial charge on any atom is -0.336 e. The van der Waals surface area contributed by atoms with Gasteiger partial charge in [0.1, 0.15) is 0 Å². The molecule has 2 aromatic heterocycles. The molecule has 0 saturated heterocycles. The highest BCUT2D eigenvalue weighted by Crippen LogP contribution is 2.43. The number of aromatic nitrogens is 2. The molecule has 0 saturated carbocycles. The van der Waals surface area contributed by atoms with Crippen molar-refractivity contribution < 1.29 is 0 Å². The van der Waals surface area contributed by atoms with Crippen molar-refractivity contribution in [2.45, 2.75) is 52.1 Å². The maximum atomic E-state index is 4.44. The molecular weight excluding hydrogens is 318 g/mol. The van der Waals surface area contributed by atoms with Gasteiger partial charge in [-0.25, -0.2) is 0 Å². The highest BCUT2D eigenvalue weighted by Gasteiger charge is 2.39. The van der Waals surface area contributed by atoms with Gasteiger partial charge in [-0.05, 0) is 61.9 Å². The largest absolute Gasteiger partial charge is 0.336 e. The summed E-state index contributed by atoms with van der Waals surface area (Å²) in [6.07, 6.45) is 9.46. The van der Waals surface area contributed by atoms with Crippen LogP contribution in [-0.4, -0.2) is 28.0 Å². The van der Waals surface area contributed by atoms with Crippen molar-refractivity contribution in [1.82, 2.24) is 14.5 Å². The first kappa shape index (κ1) is 16.3. The Kier molecular flexibility index (Phi) is 3.65. The van der Waals surface area contributed by atoms with Crippen LogP contribution in [0.15, 0.2) is 18.3 Å². The van der Waals surface area contributed by atoms with Crippen LogP contribution >= 0.6 is 0 Å². The predicted molar refractivity (Wildman–Crippen MR) is 106 cm³/mol. The van der Waals surface area contributed by atoms with Crippen LogP contribution < -0.4 is 10.6 Å². The Hall–Kier alpha value is -1.87. The smallest absolute Gasteiger partial charge is 0.0615 e. The van der Waals surface area contributed by atoms with Gasteiger partial charge in [-0.2, -0.15) is 0 Å². The van der Waals surface area contributed by atoms with Crippen LogP contribution in [0.1, 0.15) is 61.2 Å². The first-order valence-corrected chi connectivity index (χ1v) is 10.1. The maximum absolute atomic E-state index is 4.44. The van der Waals surface area contributed by atoms with Crippen molar-refractivity contribution in [3.8, 4) is 0 Å². The van der Waals surface area contributed by atoms with Crippen molar-refractivity contribution in [3.63, 3.8) is 0 Å². The highest BCUT2D eigenvalue weighted by atomic mass is 15.1. The summed E-state index contributed by atoms with van der Waals surface area (Å²) in [5.41, 5.74) is 5.78. The summed E-state index contributed by atoms with van der Waals surface area (Å²) in [6, 6.07) is 4.97. The van der Waals surface area contributed by atoms with Crippen molar-refractivity contribution in [2.75, 3.05) is 13.6 Å². The zero-order valence-electron chi connectivity index (χ0n) is 16.4. The Balaban J connectivity index is 1.82. The molecular formula is C23H29N3. The van der Waals surface area contributed by atoms with Crippen LogP contribution in [0.25, 0.3) is 12.2 Å². The van der Waals surface area contributed by atoms with Crippen LogP contribution in [0.4, 0.5) is 0 Å². The number of nitrogens with zero attached hydrogens (tertiary/aromatic N) is 3. The van der Waals surface area contributed by atoms with E-state index in [4.69, 9.17) is 0 Å². The van der Waals surface area contributed by atoms with Crippen molar-refractivity contribution in [3.05, 3.63) is 51.4 Å². The Bertz CT molecular complexity index is 984. The van der Waals surface area contributed by atoms with Gasteiger partial charge in [-0.15, -0.1) is 0 Å². The number of aryl methyl sites for hydroxylation is 1. The zero-order valence-corrected chi connectivity index (χ0v) is 16.4. The number of likely N-dealkylation sites (N-methyl/N-ethyl adjacent to an activating group) is 1. The van der Waals surface area contributed by atoms with E-state index in [1.165, 1.54) is 29.1 Å². The number of pyridine rings is 1. The average molecular weight is 348 g/mol. The third-order valence-electron chi connectivity index (χ3n) is 6.65. The monoisotopic (exact) mass is 347 g/mol. The van der Waals surface area contributed by atoms with Gasteiger partial charge >= 0.3 is 0 Å². The van der Waals surface area contributed by atoms with Crippen LogP contribution in [0.3, 0.4) is 0 Å². The maximum Gasteiger partial charge on any atom is 0.0615 e. The normalized spacial score (nSPS) is 30.2. The molecule has 4 heterocycles. The summed E-state index contributed by atoms with van der Waals surface area (Å²) in [5, 5.41) is 3.01. The summed E-state index contributed by atoms with van der Waals surface area (Å²) >= 11 is 0. The Labute approximate surface area is 156 Å². The molecule has 0 aromatic carbocycles. The molecule has 0 fully saturated rings. The lowest BCUT2D eigenvalue weighted by molar-refractivity contribution is 0.211. The van der Waals surface area contributed by atoms with E-state index in [-0.39, 0.29) is 0 Å². The third kappa shape index (κ3) is 2.33. The molecule has 0 bridgehead atoms. The third-order valence-corrected chi connectivity index (χ3v) is 6.65. The molecule has 0 radical (unpaired) electrons. The van der Waals surface area contributed by atoms with Gasteiger partial charge in [0.15, 0.2) is 0 Å². The molecule has 3 heteroatoms. The molecule has 2 aliphatic heterocycles. The Morgan fingerprint density at radius 2 is 2.08 bits per heavy atom. The first-order valence-electron chi connectivity index (χ1n) is 10.1. The fourth-order valence-electron chi connectivity index (χ4n) is 5.70. The van der Waals surface area contributed by atoms with Crippen LogP contribution in [-0.2, 0) is 6.54 Å². The first-order chi connectivity index (χ1) is 12.5. The molecule has 136 valence electrons. The molecule has 3 nitrogen and oxygen atoms in total. The summed E-state index contributed by atoms with van der Waals surface area (Å²) in [5.74, 6) is 1.95. The minimum atomic E-state index is 0.437. The highest BCUT2D eigenvalue weighted by molar-refractivity contribution is 5.48. The topological polar surface area (TPSA) is 21.1 Å². The minimum absolute atomic E-state index is 0.437. The van der Waals surface area contributed by atoms with Crippen molar-refractivity contribution in [2.24, 2.45) is 11.8 Å². The number of rotatable bonds is 1. The second-order valence-electron chi connectivity index (χ2n) is 8.90. The Morgan fingerprint density at radius 3 is 2.88 bits per heavy atom. The van der Waals surface area contributed by atoms with Crippen molar-refractivity contribution >= 4 is 12.2 Å². The van der Waals surface area contributed by atoms with Gasteiger partial charge in [0.25, 0.3) is 0 Å². The summed E-state index contributed by atoms with van der Waals surface area (Å²) in [6.45, 7) is 9.18. The van der Waals surface area contributed by atoms with E-state index >= 15 is 0 Å². The van der Waals surface area contributed by atoms with Gasteiger partial charge in [0.05, 0.1) is 6.04 Å². The van der Waals surface area contributed by atoms with Gasteiger partial charge in [0, 0.05) is 47.2 Å². The summed E-state index contributed by atoms with van der Waals surface area (Å²) in [7, 11) is 2.28. The quantitative estimate of drug-likeness (QED) is 0.791. The van der Waals surface area contributed by atoms with Gasteiger partial charge in [-0.1, -0.05) is 26.0 Å². The molecule has 3 aliphatic rings. The van der Waals surface area contributed by atoms with Gasteiger partial charge in [0.2, 0.25) is 0 Å². The Morgan fingerprint density at radius 1 is 1.23 bits per heavy atom. The lowest BCUT2D eigenvalue weighted by Crippen LogP contribution is -2.41. The van der Waals surface area contributed by atoms with Crippen LogP contribution in [0.5, 0.6) is 0 Å². The van der Waals surface area contributed by atoms with E-state index in [1.54, 1.807) is 11.3 Å². The van der Waals surface area contributed by atoms with Gasteiger partial charge < -0.3 is 9.47 Å². The molecule has 0 spiro atoms. The molecule has 26 heavy (non-hydrogen) atoms. The van der Waals surface area contributed by atoms with Crippen LogP contribution in [0.2, 0.25) is 0 Å². The second kappa shape index (κ2) is 5.82. The lowest BCUT2D eigenvalue weighted by Gasteiger charge is -2.42. The fourth-order valence-corrected chi connectivity index (χ4v) is 5.70. The van der Waals surface area contributed by atoms with E-state index in [1.807, 2.05) is 6.20 Å². The number of fused-ring (bicyclic) bond motifs is 3. The lowest BCUT2D eigenvalue weighted by atomic mass is 9.79. The SMILES string of the molecule is Cc1cc(C2C(C)CC3CN(C)Cc4c3n2c2c4=CC(C)CC=2)ccn1. The molecule has 1 aliphatic carbocycles. The molecule has 4 unspecified atom stereocenters. The van der Waals surface area contributed by atoms with E-state index in [9.17, 15) is 0 Å². The standard InChI is InChI=1S/C23H29N3/c1-14-5-6-21-19(9-14)20-13-25(4)12-18-10-15(2)22(26(21)23(18)20)17-7-8-24-16(3)11-17/h6-9,11,14-15,18,22H,5,10,12-13H2,1-4H3.